The maximum Gasteiger partial charge on any atom is 0.417 e. The van der Waals surface area contributed by atoms with Gasteiger partial charge in [0.05, 0.1) is 27.6 Å². The Balaban J connectivity index is 1.80. The van der Waals surface area contributed by atoms with Gasteiger partial charge in [0, 0.05) is 40.7 Å². The fourth-order valence-corrected chi connectivity index (χ4v) is 5.36. The van der Waals surface area contributed by atoms with E-state index < -0.39 is 27.5 Å². The summed E-state index contributed by atoms with van der Waals surface area (Å²) in [6, 6.07) is 6.00. The SMILES string of the molecule is CCS(=O)(=O)c1cc(-c2ccc(C)s2)cnc1C(=O)N1CCc2ncc(C(F)(F)F)cc21. The van der Waals surface area contributed by atoms with Crippen LogP contribution >= 0.6 is 11.3 Å². The molecule has 3 aromatic heterocycles. The van der Waals surface area contributed by atoms with Crippen molar-refractivity contribution in [1.82, 2.24) is 9.97 Å². The van der Waals surface area contributed by atoms with Crippen LogP contribution in [0, 0.1) is 6.92 Å². The third-order valence-electron chi connectivity index (χ3n) is 5.18. The van der Waals surface area contributed by atoms with Gasteiger partial charge in [-0.2, -0.15) is 13.2 Å². The second kappa shape index (κ2) is 7.96. The fraction of sp³-hybridized carbons (Fsp3) is 0.286. The minimum absolute atomic E-state index is 0.0180. The van der Waals surface area contributed by atoms with Crippen molar-refractivity contribution in [2.45, 2.75) is 31.3 Å². The third kappa shape index (κ3) is 4.02. The number of sulfone groups is 1. The van der Waals surface area contributed by atoms with Gasteiger partial charge in [0.1, 0.15) is 5.69 Å². The molecule has 0 aromatic carbocycles. The van der Waals surface area contributed by atoms with Gasteiger partial charge in [-0.15, -0.1) is 11.3 Å². The molecule has 32 heavy (non-hydrogen) atoms. The van der Waals surface area contributed by atoms with Gasteiger partial charge in [0.2, 0.25) is 0 Å². The number of halogens is 3. The summed E-state index contributed by atoms with van der Waals surface area (Å²) in [5.41, 5.74) is -0.376. The van der Waals surface area contributed by atoms with Crippen LogP contribution in [0.2, 0.25) is 0 Å². The molecule has 0 bridgehead atoms. The van der Waals surface area contributed by atoms with Crippen molar-refractivity contribution >= 4 is 32.8 Å². The number of amides is 1. The van der Waals surface area contributed by atoms with Gasteiger partial charge in [-0.25, -0.2) is 13.4 Å². The molecule has 168 valence electrons. The van der Waals surface area contributed by atoms with Crippen molar-refractivity contribution in [2.75, 3.05) is 17.2 Å². The van der Waals surface area contributed by atoms with Crippen LogP contribution in [0.25, 0.3) is 10.4 Å². The van der Waals surface area contributed by atoms with Crippen molar-refractivity contribution in [2.24, 2.45) is 0 Å². The number of aromatic nitrogens is 2. The van der Waals surface area contributed by atoms with Gasteiger partial charge in [-0.1, -0.05) is 6.92 Å². The first-order valence-corrected chi connectivity index (χ1v) is 12.2. The summed E-state index contributed by atoms with van der Waals surface area (Å²) in [5.74, 6) is -1.02. The van der Waals surface area contributed by atoms with Crippen molar-refractivity contribution in [3.8, 4) is 10.4 Å². The number of fused-ring (bicyclic) bond motifs is 1. The molecule has 4 heterocycles. The van der Waals surface area contributed by atoms with Crippen LogP contribution < -0.4 is 4.90 Å². The van der Waals surface area contributed by atoms with E-state index in [1.54, 1.807) is 0 Å². The number of anilines is 1. The molecule has 0 fully saturated rings. The molecule has 0 atom stereocenters. The van der Waals surface area contributed by atoms with Gasteiger partial charge in [-0.3, -0.25) is 9.78 Å². The maximum absolute atomic E-state index is 13.3. The highest BCUT2D eigenvalue weighted by Crippen LogP contribution is 2.36. The van der Waals surface area contributed by atoms with Crippen LogP contribution in [0.5, 0.6) is 0 Å². The van der Waals surface area contributed by atoms with E-state index >= 15 is 0 Å². The fourth-order valence-electron chi connectivity index (χ4n) is 3.46. The Bertz CT molecular complexity index is 1320. The molecule has 1 aliphatic heterocycles. The Morgan fingerprint density at radius 2 is 1.94 bits per heavy atom. The lowest BCUT2D eigenvalue weighted by Gasteiger charge is -2.19. The highest BCUT2D eigenvalue weighted by atomic mass is 32.2. The van der Waals surface area contributed by atoms with E-state index in [1.807, 2.05) is 19.1 Å². The predicted molar refractivity (Wildman–Crippen MR) is 115 cm³/mol. The molecule has 0 aliphatic carbocycles. The molecule has 0 spiro atoms. The lowest BCUT2D eigenvalue weighted by atomic mass is 10.2. The van der Waals surface area contributed by atoms with Crippen molar-refractivity contribution in [1.29, 1.82) is 0 Å². The number of carbonyl (C=O) groups is 1. The molecular formula is C21H18F3N3O3S2. The molecule has 0 saturated carbocycles. The summed E-state index contributed by atoms with van der Waals surface area (Å²) in [6.07, 6.45) is -2.21. The molecule has 0 unspecified atom stereocenters. The Morgan fingerprint density at radius 3 is 2.56 bits per heavy atom. The second-order valence-corrected chi connectivity index (χ2v) is 10.8. The molecule has 0 N–H and O–H groups in total. The van der Waals surface area contributed by atoms with E-state index in [9.17, 15) is 26.4 Å². The summed E-state index contributed by atoms with van der Waals surface area (Å²) in [4.78, 5) is 24.0. The first-order valence-electron chi connectivity index (χ1n) is 9.69. The lowest BCUT2D eigenvalue weighted by Crippen LogP contribution is -2.31. The van der Waals surface area contributed by atoms with Crippen molar-refractivity contribution < 1.29 is 26.4 Å². The summed E-state index contributed by atoms with van der Waals surface area (Å²) in [7, 11) is -3.84. The summed E-state index contributed by atoms with van der Waals surface area (Å²) >= 11 is 1.46. The van der Waals surface area contributed by atoms with Crippen LogP contribution in [0.3, 0.4) is 0 Å². The van der Waals surface area contributed by atoms with Gasteiger partial charge in [0.15, 0.2) is 9.84 Å². The van der Waals surface area contributed by atoms with Crippen LogP contribution in [-0.2, 0) is 22.4 Å². The van der Waals surface area contributed by atoms with E-state index in [0.29, 0.717) is 11.3 Å². The minimum atomic E-state index is -4.62. The van der Waals surface area contributed by atoms with Crippen molar-refractivity contribution in [3.63, 3.8) is 0 Å². The minimum Gasteiger partial charge on any atom is -0.305 e. The standard InChI is InChI=1S/C21H18F3N3O3S2/c1-3-32(29,30)18-8-13(17-5-4-12(2)31-17)10-26-19(18)20(28)27-7-6-15-16(27)9-14(11-25-15)21(22,23)24/h4-5,8-11H,3,6-7H2,1-2H3. The lowest BCUT2D eigenvalue weighted by molar-refractivity contribution is -0.137. The smallest absolute Gasteiger partial charge is 0.305 e. The quantitative estimate of drug-likeness (QED) is 0.547. The first-order chi connectivity index (χ1) is 15.0. The molecule has 0 saturated heterocycles. The molecule has 1 aliphatic rings. The number of hydrogen-bond acceptors (Lipinski definition) is 6. The molecule has 1 amide bonds. The van der Waals surface area contributed by atoms with Gasteiger partial charge in [-0.05, 0) is 31.2 Å². The normalized spacial score (nSPS) is 14.0. The topological polar surface area (TPSA) is 80.2 Å². The largest absolute Gasteiger partial charge is 0.417 e. The molecule has 4 rings (SSSR count). The average molecular weight is 482 g/mol. The number of aryl methyl sites for hydroxylation is 1. The Hall–Kier alpha value is -2.79. The van der Waals surface area contributed by atoms with Gasteiger partial charge >= 0.3 is 6.18 Å². The molecular weight excluding hydrogens is 463 g/mol. The van der Waals surface area contributed by atoms with Gasteiger partial charge < -0.3 is 4.90 Å². The summed E-state index contributed by atoms with van der Waals surface area (Å²) in [6.45, 7) is 3.45. The van der Waals surface area contributed by atoms with E-state index in [0.717, 1.165) is 26.9 Å². The van der Waals surface area contributed by atoms with E-state index in [-0.39, 0.29) is 35.0 Å². The average Bonchev–Trinajstić information content (AvgIpc) is 3.38. The molecule has 11 heteroatoms. The van der Waals surface area contributed by atoms with Gasteiger partial charge in [0.25, 0.3) is 5.91 Å². The monoisotopic (exact) mass is 481 g/mol. The Morgan fingerprint density at radius 1 is 1.19 bits per heavy atom. The van der Waals surface area contributed by atoms with E-state index in [4.69, 9.17) is 0 Å². The zero-order valence-electron chi connectivity index (χ0n) is 17.1. The number of alkyl halides is 3. The van der Waals surface area contributed by atoms with Crippen LogP contribution in [0.4, 0.5) is 18.9 Å². The first kappa shape index (κ1) is 22.4. The Labute approximate surface area is 186 Å². The number of carbonyl (C=O) groups excluding carboxylic acids is 1. The number of hydrogen-bond donors (Lipinski definition) is 0. The zero-order chi connectivity index (χ0) is 23.3. The van der Waals surface area contributed by atoms with E-state index in [2.05, 4.69) is 9.97 Å². The number of thiophene rings is 1. The van der Waals surface area contributed by atoms with Crippen LogP contribution in [0.15, 0.2) is 41.6 Å². The summed E-state index contributed by atoms with van der Waals surface area (Å²) in [5, 5.41) is 0. The number of rotatable bonds is 4. The van der Waals surface area contributed by atoms with Crippen LogP contribution in [0.1, 0.15) is 33.5 Å². The number of pyridine rings is 2. The molecule has 3 aromatic rings. The van der Waals surface area contributed by atoms with Crippen molar-refractivity contribution in [3.05, 3.63) is 58.5 Å². The highest BCUT2D eigenvalue weighted by Gasteiger charge is 2.36. The highest BCUT2D eigenvalue weighted by molar-refractivity contribution is 7.91. The third-order valence-corrected chi connectivity index (χ3v) is 7.97. The molecule has 6 nitrogen and oxygen atoms in total. The maximum atomic E-state index is 13.3. The summed E-state index contributed by atoms with van der Waals surface area (Å²) < 4.78 is 65.0. The molecule has 0 radical (unpaired) electrons. The van der Waals surface area contributed by atoms with Crippen LogP contribution in [-0.4, -0.2) is 36.6 Å². The van der Waals surface area contributed by atoms with E-state index in [1.165, 1.54) is 30.5 Å². The number of nitrogens with zero attached hydrogens (tertiary/aromatic N) is 3. The predicted octanol–water partition coefficient (Wildman–Crippen LogP) is 4.53. The zero-order valence-corrected chi connectivity index (χ0v) is 18.7. The Kier molecular flexibility index (Phi) is 5.58. The second-order valence-electron chi connectivity index (χ2n) is 7.28.